The second kappa shape index (κ2) is 6.82. The van der Waals surface area contributed by atoms with Crippen molar-refractivity contribution >= 4 is 6.09 Å². The van der Waals surface area contributed by atoms with Gasteiger partial charge in [-0.15, -0.1) is 0 Å². The van der Waals surface area contributed by atoms with Crippen LogP contribution in [0.1, 0.15) is 51.0 Å². The molecule has 0 aliphatic carbocycles. The summed E-state index contributed by atoms with van der Waals surface area (Å²) in [6, 6.07) is 3.84. The number of aromatic nitrogens is 3. The maximum absolute atomic E-state index is 12.3. The average Bonchev–Trinajstić information content (AvgIpc) is 3.03. The number of rotatable bonds is 2. The zero-order chi connectivity index (χ0) is 18.0. The summed E-state index contributed by atoms with van der Waals surface area (Å²) >= 11 is 0. The van der Waals surface area contributed by atoms with Crippen molar-refractivity contribution in [3.8, 4) is 11.5 Å². The lowest BCUT2D eigenvalue weighted by Gasteiger charge is -2.32. The average molecular weight is 344 g/mol. The Morgan fingerprint density at radius 3 is 2.92 bits per heavy atom. The minimum absolute atomic E-state index is 0.0199. The molecule has 0 saturated carbocycles. The SMILES string of the molecule is Cc1cccnc1-c1noc([C@H]2CCCN(C(=O)OC(C)(C)C)C2)n1. The van der Waals surface area contributed by atoms with Gasteiger partial charge in [0.1, 0.15) is 11.3 Å². The highest BCUT2D eigenvalue weighted by Crippen LogP contribution is 2.28. The Hall–Kier alpha value is -2.44. The molecule has 1 amide bonds. The molecular formula is C18H24N4O3. The third-order valence-corrected chi connectivity index (χ3v) is 4.09. The van der Waals surface area contributed by atoms with Crippen LogP contribution >= 0.6 is 0 Å². The molecule has 0 unspecified atom stereocenters. The third kappa shape index (κ3) is 4.15. The highest BCUT2D eigenvalue weighted by molar-refractivity contribution is 5.68. The normalized spacial score (nSPS) is 18.2. The Labute approximate surface area is 147 Å². The molecule has 3 heterocycles. The van der Waals surface area contributed by atoms with Crippen LogP contribution in [0.3, 0.4) is 0 Å². The Balaban J connectivity index is 1.72. The molecular weight excluding hydrogens is 320 g/mol. The first-order valence-corrected chi connectivity index (χ1v) is 8.57. The summed E-state index contributed by atoms with van der Waals surface area (Å²) < 4.78 is 10.9. The summed E-state index contributed by atoms with van der Waals surface area (Å²) in [5, 5.41) is 4.07. The van der Waals surface area contributed by atoms with Crippen molar-refractivity contribution in [1.29, 1.82) is 0 Å². The van der Waals surface area contributed by atoms with E-state index in [4.69, 9.17) is 9.26 Å². The second-order valence-corrected chi connectivity index (χ2v) is 7.39. The number of nitrogens with zero attached hydrogens (tertiary/aromatic N) is 4. The Morgan fingerprint density at radius 2 is 2.20 bits per heavy atom. The molecule has 2 aromatic heterocycles. The second-order valence-electron chi connectivity index (χ2n) is 7.39. The van der Waals surface area contributed by atoms with E-state index >= 15 is 0 Å². The maximum atomic E-state index is 12.3. The molecule has 134 valence electrons. The fraction of sp³-hybridized carbons (Fsp3) is 0.556. The van der Waals surface area contributed by atoms with Crippen LogP contribution in [0.4, 0.5) is 4.79 Å². The van der Waals surface area contributed by atoms with E-state index in [-0.39, 0.29) is 12.0 Å². The molecule has 1 atom stereocenters. The van der Waals surface area contributed by atoms with Crippen molar-refractivity contribution in [3.63, 3.8) is 0 Å². The van der Waals surface area contributed by atoms with Crippen molar-refractivity contribution in [1.82, 2.24) is 20.0 Å². The van der Waals surface area contributed by atoms with Crippen molar-refractivity contribution in [2.75, 3.05) is 13.1 Å². The molecule has 2 aromatic rings. The van der Waals surface area contributed by atoms with E-state index in [0.29, 0.717) is 24.8 Å². The van der Waals surface area contributed by atoms with Gasteiger partial charge in [0.25, 0.3) is 0 Å². The molecule has 0 N–H and O–H groups in total. The minimum Gasteiger partial charge on any atom is -0.444 e. The minimum atomic E-state index is -0.502. The number of likely N-dealkylation sites (tertiary alicyclic amines) is 1. The number of ether oxygens (including phenoxy) is 1. The van der Waals surface area contributed by atoms with Crippen molar-refractivity contribution in [3.05, 3.63) is 29.8 Å². The van der Waals surface area contributed by atoms with Crippen LogP contribution in [-0.4, -0.2) is 44.8 Å². The van der Waals surface area contributed by atoms with Crippen LogP contribution in [0.2, 0.25) is 0 Å². The van der Waals surface area contributed by atoms with Gasteiger partial charge in [-0.2, -0.15) is 4.98 Å². The van der Waals surface area contributed by atoms with Crippen molar-refractivity contribution in [2.24, 2.45) is 0 Å². The lowest BCUT2D eigenvalue weighted by molar-refractivity contribution is 0.0189. The van der Waals surface area contributed by atoms with Gasteiger partial charge in [0, 0.05) is 19.3 Å². The number of carbonyl (C=O) groups is 1. The lowest BCUT2D eigenvalue weighted by Crippen LogP contribution is -2.42. The molecule has 0 radical (unpaired) electrons. The van der Waals surface area contributed by atoms with E-state index in [1.54, 1.807) is 11.1 Å². The van der Waals surface area contributed by atoms with Gasteiger partial charge in [0.2, 0.25) is 11.7 Å². The molecule has 1 aliphatic rings. The lowest BCUT2D eigenvalue weighted by atomic mass is 9.98. The molecule has 1 saturated heterocycles. The monoisotopic (exact) mass is 344 g/mol. The Bertz CT molecular complexity index is 751. The molecule has 7 heteroatoms. The van der Waals surface area contributed by atoms with Gasteiger partial charge in [-0.05, 0) is 52.2 Å². The summed E-state index contributed by atoms with van der Waals surface area (Å²) in [6.07, 6.45) is 3.20. The predicted molar refractivity (Wildman–Crippen MR) is 92.0 cm³/mol. The molecule has 7 nitrogen and oxygen atoms in total. The summed E-state index contributed by atoms with van der Waals surface area (Å²) in [6.45, 7) is 8.77. The number of aryl methyl sites for hydroxylation is 1. The highest BCUT2D eigenvalue weighted by Gasteiger charge is 2.31. The smallest absolute Gasteiger partial charge is 0.410 e. The zero-order valence-corrected chi connectivity index (χ0v) is 15.2. The molecule has 0 spiro atoms. The number of hydrogen-bond donors (Lipinski definition) is 0. The first-order valence-electron chi connectivity index (χ1n) is 8.57. The van der Waals surface area contributed by atoms with E-state index in [0.717, 1.165) is 24.1 Å². The van der Waals surface area contributed by atoms with Gasteiger partial charge in [-0.3, -0.25) is 4.98 Å². The third-order valence-electron chi connectivity index (χ3n) is 4.09. The first-order chi connectivity index (χ1) is 11.8. The van der Waals surface area contributed by atoms with E-state index in [9.17, 15) is 4.79 Å². The predicted octanol–water partition coefficient (Wildman–Crippen LogP) is 3.55. The summed E-state index contributed by atoms with van der Waals surface area (Å²) in [5.74, 6) is 1.06. The maximum Gasteiger partial charge on any atom is 0.410 e. The number of carbonyl (C=O) groups excluding carboxylic acids is 1. The van der Waals surface area contributed by atoms with Crippen LogP contribution in [0.5, 0.6) is 0 Å². The number of hydrogen-bond acceptors (Lipinski definition) is 6. The van der Waals surface area contributed by atoms with Gasteiger partial charge < -0.3 is 14.2 Å². The van der Waals surface area contributed by atoms with Crippen molar-refractivity contribution in [2.45, 2.75) is 52.1 Å². The van der Waals surface area contributed by atoms with Gasteiger partial charge in [0.15, 0.2) is 0 Å². The fourth-order valence-electron chi connectivity index (χ4n) is 2.89. The molecule has 0 bridgehead atoms. The number of pyridine rings is 1. The van der Waals surface area contributed by atoms with Crippen LogP contribution < -0.4 is 0 Å². The summed E-state index contributed by atoms with van der Waals surface area (Å²) in [4.78, 5) is 22.8. The first kappa shape index (κ1) is 17.4. The summed E-state index contributed by atoms with van der Waals surface area (Å²) in [7, 11) is 0. The largest absolute Gasteiger partial charge is 0.444 e. The van der Waals surface area contributed by atoms with E-state index in [1.165, 1.54) is 0 Å². The van der Waals surface area contributed by atoms with Crippen LogP contribution in [0, 0.1) is 6.92 Å². The van der Waals surface area contributed by atoms with E-state index < -0.39 is 5.60 Å². The highest BCUT2D eigenvalue weighted by atomic mass is 16.6. The topological polar surface area (TPSA) is 81.4 Å². The standard InChI is InChI=1S/C18H24N4O3/c1-12-7-5-9-19-14(12)15-20-16(25-21-15)13-8-6-10-22(11-13)17(23)24-18(2,3)4/h5,7,9,13H,6,8,10-11H2,1-4H3/t13-/m0/s1. The fourth-order valence-corrected chi connectivity index (χ4v) is 2.89. The summed E-state index contributed by atoms with van der Waals surface area (Å²) in [5.41, 5.74) is 1.21. The Kier molecular flexibility index (Phi) is 4.74. The molecule has 1 fully saturated rings. The van der Waals surface area contributed by atoms with E-state index in [1.807, 2.05) is 39.8 Å². The van der Waals surface area contributed by atoms with Crippen LogP contribution in [0.25, 0.3) is 11.5 Å². The van der Waals surface area contributed by atoms with Gasteiger partial charge in [0.05, 0.1) is 5.92 Å². The molecule has 1 aliphatic heterocycles. The molecule has 0 aromatic carbocycles. The van der Waals surface area contributed by atoms with Crippen LogP contribution in [-0.2, 0) is 4.74 Å². The zero-order valence-electron chi connectivity index (χ0n) is 15.2. The van der Waals surface area contributed by atoms with Crippen molar-refractivity contribution < 1.29 is 14.1 Å². The molecule has 3 rings (SSSR count). The molecule has 25 heavy (non-hydrogen) atoms. The van der Waals surface area contributed by atoms with Gasteiger partial charge >= 0.3 is 6.09 Å². The van der Waals surface area contributed by atoms with Crippen LogP contribution in [0.15, 0.2) is 22.9 Å². The van der Waals surface area contributed by atoms with Gasteiger partial charge in [-0.25, -0.2) is 4.79 Å². The number of piperidine rings is 1. The Morgan fingerprint density at radius 1 is 1.40 bits per heavy atom. The quantitative estimate of drug-likeness (QED) is 0.828. The van der Waals surface area contributed by atoms with E-state index in [2.05, 4.69) is 15.1 Å². The van der Waals surface area contributed by atoms with Gasteiger partial charge in [-0.1, -0.05) is 11.2 Å². The number of amides is 1.